The molecule has 9 nitrogen and oxygen atoms in total. The smallest absolute Gasteiger partial charge is 0.433 e. The van der Waals surface area contributed by atoms with E-state index in [0.29, 0.717) is 32.5 Å². The first-order valence-electron chi connectivity index (χ1n) is 8.92. The number of piperidine rings is 1. The molecule has 0 aliphatic carbocycles. The third kappa shape index (κ3) is 6.74. The molecule has 12 heteroatoms. The maximum absolute atomic E-state index is 12.6. The molecule has 0 atom stereocenters. The minimum Gasteiger partial charge on any atom is -0.450 e. The van der Waals surface area contributed by atoms with Crippen molar-refractivity contribution in [3.63, 3.8) is 0 Å². The zero-order valence-corrected chi connectivity index (χ0v) is 15.5. The van der Waals surface area contributed by atoms with Crippen LogP contribution >= 0.6 is 0 Å². The number of aliphatic imine (C=N–C) groups is 1. The van der Waals surface area contributed by atoms with Gasteiger partial charge in [-0.2, -0.15) is 13.2 Å². The van der Waals surface area contributed by atoms with Gasteiger partial charge in [0.1, 0.15) is 5.69 Å². The van der Waals surface area contributed by atoms with Gasteiger partial charge in [-0.25, -0.2) is 14.8 Å². The number of hydrogen-bond acceptors (Lipinski definition) is 6. The molecular weight excluding hydrogens is 379 g/mol. The van der Waals surface area contributed by atoms with Crippen molar-refractivity contribution < 1.29 is 22.7 Å². The molecule has 1 aliphatic rings. The molecule has 0 radical (unpaired) electrons. The summed E-state index contributed by atoms with van der Waals surface area (Å²) in [4.78, 5) is 24.6. The van der Waals surface area contributed by atoms with Gasteiger partial charge < -0.3 is 26.0 Å². The third-order valence-electron chi connectivity index (χ3n) is 4.00. The topological polar surface area (TPSA) is 118 Å². The van der Waals surface area contributed by atoms with Crippen LogP contribution in [0.1, 0.15) is 25.5 Å². The number of guanidine groups is 1. The van der Waals surface area contributed by atoms with Gasteiger partial charge in [0.15, 0.2) is 5.96 Å². The Morgan fingerprint density at radius 2 is 2.14 bits per heavy atom. The summed E-state index contributed by atoms with van der Waals surface area (Å²) in [6, 6.07) is 0.896. The lowest BCUT2D eigenvalue weighted by molar-refractivity contribution is -0.141. The first kappa shape index (κ1) is 21.5. The van der Waals surface area contributed by atoms with Crippen molar-refractivity contribution in [3.05, 3.63) is 18.0 Å². The SMILES string of the molecule is CCOC(=O)N1CCC(NC(N)=NCCNc2nccc(C(F)(F)F)n2)CC1. The van der Waals surface area contributed by atoms with Crippen LogP contribution in [0.15, 0.2) is 17.3 Å². The van der Waals surface area contributed by atoms with Crippen molar-refractivity contribution in [3.8, 4) is 0 Å². The molecule has 0 saturated carbocycles. The van der Waals surface area contributed by atoms with Crippen LogP contribution in [0.3, 0.4) is 0 Å². The van der Waals surface area contributed by atoms with Gasteiger partial charge in [-0.3, -0.25) is 4.99 Å². The molecule has 1 amide bonds. The van der Waals surface area contributed by atoms with Gasteiger partial charge in [0, 0.05) is 31.9 Å². The number of halogens is 3. The predicted octanol–water partition coefficient (Wildman–Crippen LogP) is 1.43. The Hall–Kier alpha value is -2.79. The van der Waals surface area contributed by atoms with Gasteiger partial charge in [0.25, 0.3) is 0 Å². The Balaban J connectivity index is 1.70. The van der Waals surface area contributed by atoms with Crippen LogP contribution in [0, 0.1) is 0 Å². The molecule has 156 valence electrons. The zero-order valence-electron chi connectivity index (χ0n) is 15.5. The van der Waals surface area contributed by atoms with Crippen LogP contribution in [0.5, 0.6) is 0 Å². The Morgan fingerprint density at radius 1 is 1.43 bits per heavy atom. The number of alkyl halides is 3. The molecule has 0 aromatic carbocycles. The monoisotopic (exact) mass is 403 g/mol. The van der Waals surface area contributed by atoms with E-state index < -0.39 is 11.9 Å². The van der Waals surface area contributed by atoms with E-state index in [-0.39, 0.29) is 37.1 Å². The van der Waals surface area contributed by atoms with Crippen molar-refractivity contribution in [2.24, 2.45) is 10.7 Å². The minimum absolute atomic E-state index is 0.0918. The Labute approximate surface area is 160 Å². The van der Waals surface area contributed by atoms with E-state index in [9.17, 15) is 18.0 Å². The molecular formula is C16H24F3N7O2. The average molecular weight is 403 g/mol. The Bertz CT molecular complexity index is 676. The van der Waals surface area contributed by atoms with E-state index in [1.54, 1.807) is 11.8 Å². The van der Waals surface area contributed by atoms with E-state index >= 15 is 0 Å². The summed E-state index contributed by atoms with van der Waals surface area (Å²) >= 11 is 0. The van der Waals surface area contributed by atoms with E-state index in [1.807, 2.05) is 0 Å². The predicted molar refractivity (Wildman–Crippen MR) is 96.8 cm³/mol. The van der Waals surface area contributed by atoms with E-state index in [1.165, 1.54) is 0 Å². The van der Waals surface area contributed by atoms with Gasteiger partial charge in [-0.1, -0.05) is 0 Å². The molecule has 1 saturated heterocycles. The standard InChI is InChI=1S/C16H24F3N7O2/c1-2-28-15(27)26-9-4-11(5-10-26)24-13(20)21-7-8-23-14-22-6-3-12(25-14)16(17,18)19/h3,6,11H,2,4-5,7-10H2,1H3,(H3,20,21,24)(H,22,23,25). The number of carbonyl (C=O) groups is 1. The second-order valence-corrected chi connectivity index (χ2v) is 6.06. The molecule has 4 N–H and O–H groups in total. The van der Waals surface area contributed by atoms with E-state index in [0.717, 1.165) is 12.3 Å². The van der Waals surface area contributed by atoms with Crippen LogP contribution in [0.2, 0.25) is 0 Å². The molecule has 0 unspecified atom stereocenters. The van der Waals surface area contributed by atoms with Crippen LogP contribution in [-0.2, 0) is 10.9 Å². The Morgan fingerprint density at radius 3 is 2.79 bits per heavy atom. The van der Waals surface area contributed by atoms with E-state index in [4.69, 9.17) is 10.5 Å². The summed E-state index contributed by atoms with van der Waals surface area (Å²) in [5.41, 5.74) is 4.82. The number of hydrogen-bond donors (Lipinski definition) is 3. The van der Waals surface area contributed by atoms with Crippen LogP contribution in [-0.4, -0.2) is 65.7 Å². The number of carbonyl (C=O) groups excluding carboxylic acids is 1. The number of amides is 1. The fraction of sp³-hybridized carbons (Fsp3) is 0.625. The summed E-state index contributed by atoms with van der Waals surface area (Å²) in [5, 5.41) is 5.75. The lowest BCUT2D eigenvalue weighted by atomic mass is 10.1. The maximum Gasteiger partial charge on any atom is 0.433 e. The summed E-state index contributed by atoms with van der Waals surface area (Å²) in [5.74, 6) is 0.115. The quantitative estimate of drug-likeness (QED) is 0.374. The summed E-state index contributed by atoms with van der Waals surface area (Å²) in [6.07, 6.45) is -2.36. The summed E-state index contributed by atoms with van der Waals surface area (Å²) < 4.78 is 42.8. The lowest BCUT2D eigenvalue weighted by Crippen LogP contribution is -2.48. The fourth-order valence-electron chi connectivity index (χ4n) is 2.62. The lowest BCUT2D eigenvalue weighted by Gasteiger charge is -2.31. The summed E-state index contributed by atoms with van der Waals surface area (Å²) in [7, 11) is 0. The molecule has 28 heavy (non-hydrogen) atoms. The number of rotatable bonds is 6. The molecule has 2 rings (SSSR count). The first-order valence-corrected chi connectivity index (χ1v) is 8.92. The number of nitrogens with zero attached hydrogens (tertiary/aromatic N) is 4. The van der Waals surface area contributed by atoms with Crippen molar-refractivity contribution in [2.45, 2.75) is 32.0 Å². The second-order valence-electron chi connectivity index (χ2n) is 6.06. The fourth-order valence-corrected chi connectivity index (χ4v) is 2.62. The Kier molecular flexibility index (Phi) is 7.64. The average Bonchev–Trinajstić information content (AvgIpc) is 2.65. The van der Waals surface area contributed by atoms with Crippen LogP contribution in [0.4, 0.5) is 23.9 Å². The van der Waals surface area contributed by atoms with Crippen LogP contribution < -0.4 is 16.4 Å². The number of anilines is 1. The van der Waals surface area contributed by atoms with E-state index in [2.05, 4.69) is 25.6 Å². The normalized spacial score (nSPS) is 16.0. The molecule has 1 aromatic heterocycles. The molecule has 0 spiro atoms. The molecule has 1 aliphatic heterocycles. The second kappa shape index (κ2) is 9.95. The third-order valence-corrected chi connectivity index (χ3v) is 4.00. The molecule has 2 heterocycles. The highest BCUT2D eigenvalue weighted by atomic mass is 19.4. The number of nitrogens with two attached hydrogens (primary N) is 1. The number of likely N-dealkylation sites (tertiary alicyclic amines) is 1. The molecule has 1 fully saturated rings. The number of ether oxygens (including phenoxy) is 1. The highest BCUT2D eigenvalue weighted by Crippen LogP contribution is 2.27. The molecule has 0 bridgehead atoms. The van der Waals surface area contributed by atoms with Crippen molar-refractivity contribution >= 4 is 18.0 Å². The number of nitrogens with one attached hydrogen (secondary N) is 2. The highest BCUT2D eigenvalue weighted by Gasteiger charge is 2.32. The zero-order chi connectivity index (χ0) is 20.6. The van der Waals surface area contributed by atoms with Gasteiger partial charge in [-0.15, -0.1) is 0 Å². The van der Waals surface area contributed by atoms with Gasteiger partial charge in [-0.05, 0) is 25.8 Å². The van der Waals surface area contributed by atoms with Gasteiger partial charge >= 0.3 is 12.3 Å². The van der Waals surface area contributed by atoms with Gasteiger partial charge in [0.2, 0.25) is 5.95 Å². The van der Waals surface area contributed by atoms with Crippen LogP contribution in [0.25, 0.3) is 0 Å². The maximum atomic E-state index is 12.6. The molecule has 1 aromatic rings. The largest absolute Gasteiger partial charge is 0.450 e. The minimum atomic E-state index is -4.52. The van der Waals surface area contributed by atoms with Crippen molar-refractivity contribution in [1.82, 2.24) is 20.2 Å². The summed E-state index contributed by atoms with van der Waals surface area (Å²) in [6.45, 7) is 3.70. The van der Waals surface area contributed by atoms with Crippen molar-refractivity contribution in [1.29, 1.82) is 0 Å². The number of aromatic nitrogens is 2. The van der Waals surface area contributed by atoms with Crippen molar-refractivity contribution in [2.75, 3.05) is 38.1 Å². The highest BCUT2D eigenvalue weighted by molar-refractivity contribution is 5.78. The first-order chi connectivity index (χ1) is 13.3. The van der Waals surface area contributed by atoms with Gasteiger partial charge in [0.05, 0.1) is 13.2 Å².